The normalized spacial score (nSPS) is 8.54. The minimum absolute atomic E-state index is 0.428. The lowest BCUT2D eigenvalue weighted by Crippen LogP contribution is -2.08. The van der Waals surface area contributed by atoms with Crippen LogP contribution in [0.25, 0.3) is 5.57 Å². The number of esters is 1. The van der Waals surface area contributed by atoms with E-state index in [-0.39, 0.29) is 0 Å². The third-order valence-corrected chi connectivity index (χ3v) is 3.35. The molecule has 126 valence electrons. The first-order chi connectivity index (χ1) is 12.6. The molecule has 0 aromatic heterocycles. The molecule has 0 N–H and O–H groups in total. The average molecular weight is 340 g/mol. The van der Waals surface area contributed by atoms with E-state index < -0.39 is 5.97 Å². The van der Waals surface area contributed by atoms with Crippen LogP contribution < -0.4 is 9.47 Å². The maximum atomic E-state index is 12.1. The minimum Gasteiger partial charge on any atom is -0.497 e. The van der Waals surface area contributed by atoms with Crippen molar-refractivity contribution in [3.63, 3.8) is 0 Å². The Bertz CT molecular complexity index is 1020. The largest absolute Gasteiger partial charge is 0.497 e. The lowest BCUT2D eigenvalue weighted by molar-refractivity contribution is 0.0734. The van der Waals surface area contributed by atoms with Crippen molar-refractivity contribution >= 4 is 11.5 Å². The Morgan fingerprint density at radius 3 is 2.04 bits per heavy atom. The van der Waals surface area contributed by atoms with Crippen LogP contribution in [0.3, 0.4) is 0 Å². The second-order valence-electron chi connectivity index (χ2n) is 5.07. The summed E-state index contributed by atoms with van der Waals surface area (Å²) >= 11 is 0. The van der Waals surface area contributed by atoms with E-state index >= 15 is 0 Å². The number of benzene rings is 2. The van der Waals surface area contributed by atoms with E-state index in [1.165, 1.54) is 0 Å². The molecule has 0 aliphatic rings. The van der Waals surface area contributed by atoms with E-state index in [4.69, 9.17) is 9.47 Å². The molecule has 0 aliphatic carbocycles. The van der Waals surface area contributed by atoms with Gasteiger partial charge in [-0.15, -0.1) is 0 Å². The molecular formula is C23H16O3. The Balaban J connectivity index is 2.15. The van der Waals surface area contributed by atoms with Gasteiger partial charge in [0.05, 0.1) is 12.7 Å². The van der Waals surface area contributed by atoms with Crippen molar-refractivity contribution in [2.24, 2.45) is 0 Å². The molecule has 2 aromatic rings. The van der Waals surface area contributed by atoms with Crippen LogP contribution in [-0.4, -0.2) is 13.1 Å². The Labute approximate surface area is 152 Å². The number of methoxy groups -OCH3 is 1. The molecule has 2 aromatic carbocycles. The maximum Gasteiger partial charge on any atom is 0.343 e. The van der Waals surface area contributed by atoms with Crippen LogP contribution in [0.2, 0.25) is 0 Å². The van der Waals surface area contributed by atoms with Crippen LogP contribution in [-0.2, 0) is 0 Å². The van der Waals surface area contributed by atoms with Gasteiger partial charge in [0.25, 0.3) is 0 Å². The predicted molar refractivity (Wildman–Crippen MR) is 100 cm³/mol. The smallest absolute Gasteiger partial charge is 0.343 e. The average Bonchev–Trinajstić information content (AvgIpc) is 2.68. The summed E-state index contributed by atoms with van der Waals surface area (Å²) in [6.07, 6.45) is 0. The second-order valence-corrected chi connectivity index (χ2v) is 5.07. The van der Waals surface area contributed by atoms with E-state index in [1.807, 2.05) is 19.1 Å². The molecule has 3 heteroatoms. The fourth-order valence-electron chi connectivity index (χ4n) is 1.97. The molecule has 0 saturated carbocycles. The summed E-state index contributed by atoms with van der Waals surface area (Å²) in [4.78, 5) is 12.1. The second kappa shape index (κ2) is 9.43. The Morgan fingerprint density at radius 1 is 0.846 bits per heavy atom. The van der Waals surface area contributed by atoms with Crippen LogP contribution in [0, 0.1) is 0 Å². The van der Waals surface area contributed by atoms with Gasteiger partial charge in [-0.3, -0.25) is 0 Å². The van der Waals surface area contributed by atoms with Crippen molar-refractivity contribution in [3.8, 4) is 11.5 Å². The number of ether oxygens (including phenoxy) is 2. The molecule has 0 fully saturated rings. The van der Waals surface area contributed by atoms with Gasteiger partial charge in [0.2, 0.25) is 0 Å². The topological polar surface area (TPSA) is 35.5 Å². The fourth-order valence-corrected chi connectivity index (χ4v) is 1.97. The highest BCUT2D eigenvalue weighted by Crippen LogP contribution is 2.19. The summed E-state index contributed by atoms with van der Waals surface area (Å²) in [7, 11) is 1.57. The number of allylic oxidation sites excluding steroid dienone is 1. The van der Waals surface area contributed by atoms with E-state index in [2.05, 4.69) is 41.0 Å². The van der Waals surface area contributed by atoms with Gasteiger partial charge >= 0.3 is 5.97 Å². The summed E-state index contributed by atoms with van der Waals surface area (Å²) < 4.78 is 10.4. The number of hydrogen-bond acceptors (Lipinski definition) is 3. The highest BCUT2D eigenvalue weighted by atomic mass is 16.5. The van der Waals surface area contributed by atoms with E-state index in [1.54, 1.807) is 43.5 Å². The molecule has 0 bridgehead atoms. The highest BCUT2D eigenvalue weighted by Gasteiger charge is 2.08. The Hall–Kier alpha value is -3.87. The molecule has 0 unspecified atom stereocenters. The SMILES string of the molecule is C=C=C=C=C=C=C=C(C)c1ccc(OC(=O)c2ccc(OC)cc2)cc1. The van der Waals surface area contributed by atoms with Gasteiger partial charge in [0.15, 0.2) is 0 Å². The van der Waals surface area contributed by atoms with Gasteiger partial charge in [-0.05, 0) is 78.4 Å². The van der Waals surface area contributed by atoms with Crippen molar-refractivity contribution < 1.29 is 14.3 Å². The number of carbonyl (C=O) groups is 1. The fraction of sp³-hybridized carbons (Fsp3) is 0.0870. The lowest BCUT2D eigenvalue weighted by atomic mass is 10.1. The Morgan fingerprint density at radius 2 is 1.42 bits per heavy atom. The van der Waals surface area contributed by atoms with Gasteiger partial charge in [-0.1, -0.05) is 23.6 Å². The number of carbonyl (C=O) groups excluding carboxylic acids is 1. The summed E-state index contributed by atoms with van der Waals surface area (Å²) in [5, 5.41) is 0. The van der Waals surface area contributed by atoms with E-state index in [0.29, 0.717) is 17.1 Å². The van der Waals surface area contributed by atoms with Crippen molar-refractivity contribution in [1.29, 1.82) is 0 Å². The zero-order valence-corrected chi connectivity index (χ0v) is 14.6. The third-order valence-electron chi connectivity index (χ3n) is 3.35. The van der Waals surface area contributed by atoms with Crippen molar-refractivity contribution in [2.45, 2.75) is 6.92 Å². The van der Waals surface area contributed by atoms with E-state index in [0.717, 1.165) is 11.1 Å². The molecule has 0 radical (unpaired) electrons. The van der Waals surface area contributed by atoms with Crippen LogP contribution in [0.1, 0.15) is 22.8 Å². The molecule has 2 rings (SSSR count). The summed E-state index contributed by atoms with van der Waals surface area (Å²) in [5.41, 5.74) is 18.0. The van der Waals surface area contributed by atoms with Crippen LogP contribution in [0.4, 0.5) is 0 Å². The van der Waals surface area contributed by atoms with Gasteiger partial charge in [0.1, 0.15) is 11.5 Å². The van der Waals surface area contributed by atoms with Crippen molar-refractivity contribution in [1.82, 2.24) is 0 Å². The first kappa shape index (κ1) is 18.5. The van der Waals surface area contributed by atoms with Crippen LogP contribution in [0.15, 0.2) is 89.5 Å². The molecular weight excluding hydrogens is 324 g/mol. The highest BCUT2D eigenvalue weighted by molar-refractivity contribution is 5.91. The lowest BCUT2D eigenvalue weighted by Gasteiger charge is -2.06. The quantitative estimate of drug-likeness (QED) is 0.452. The van der Waals surface area contributed by atoms with E-state index in [9.17, 15) is 4.79 Å². The zero-order chi connectivity index (χ0) is 18.8. The molecule has 0 amide bonds. The van der Waals surface area contributed by atoms with Gasteiger partial charge in [0, 0.05) is 5.57 Å². The molecule has 26 heavy (non-hydrogen) atoms. The summed E-state index contributed by atoms with van der Waals surface area (Å²) in [6, 6.07) is 13.9. The number of hydrogen-bond donors (Lipinski definition) is 0. The van der Waals surface area contributed by atoms with Gasteiger partial charge < -0.3 is 9.47 Å². The van der Waals surface area contributed by atoms with Crippen molar-refractivity contribution in [2.75, 3.05) is 7.11 Å². The molecule has 0 spiro atoms. The minimum atomic E-state index is -0.428. The standard InChI is InChI=1S/C23H16O3/c1-4-5-6-7-8-9-18(2)19-10-16-22(17-11-19)26-23(24)20-12-14-21(25-3)15-13-20/h10-17H,1H2,2-3H3. The third kappa shape index (κ3) is 5.34. The monoisotopic (exact) mass is 340 g/mol. The molecule has 0 saturated heterocycles. The molecule has 0 atom stereocenters. The first-order valence-corrected chi connectivity index (χ1v) is 7.72. The van der Waals surface area contributed by atoms with Crippen LogP contribution >= 0.6 is 0 Å². The summed E-state index contributed by atoms with van der Waals surface area (Å²) in [5.74, 6) is 0.713. The Kier molecular flexibility index (Phi) is 6.70. The van der Waals surface area contributed by atoms with Crippen LogP contribution in [0.5, 0.6) is 11.5 Å². The molecule has 3 nitrogen and oxygen atoms in total. The molecule has 0 aliphatic heterocycles. The summed E-state index contributed by atoms with van der Waals surface area (Å²) in [6.45, 7) is 5.25. The molecule has 0 heterocycles. The first-order valence-electron chi connectivity index (χ1n) is 7.72. The predicted octanol–water partition coefficient (Wildman–Crippen LogP) is 4.88. The van der Waals surface area contributed by atoms with Gasteiger partial charge in [-0.2, -0.15) is 0 Å². The number of rotatable bonds is 4. The maximum absolute atomic E-state index is 12.1. The van der Waals surface area contributed by atoms with Gasteiger partial charge in [-0.25, -0.2) is 4.79 Å². The van der Waals surface area contributed by atoms with Crippen molar-refractivity contribution in [3.05, 3.63) is 101 Å². The zero-order valence-electron chi connectivity index (χ0n) is 14.6.